The number of allylic oxidation sites excluding steroid dienone is 4. The predicted octanol–water partition coefficient (Wildman–Crippen LogP) is 6.23. The third-order valence-corrected chi connectivity index (χ3v) is 8.56. The number of ether oxygens (including phenoxy) is 3. The molecule has 1 fully saturated rings. The molecule has 5 atom stereocenters. The van der Waals surface area contributed by atoms with Gasteiger partial charge >= 0.3 is 0 Å². The minimum atomic E-state index is -1.04. The topological polar surface area (TPSA) is 47.9 Å². The van der Waals surface area contributed by atoms with Gasteiger partial charge in [-0.1, -0.05) is 35.4 Å². The van der Waals surface area contributed by atoms with Crippen molar-refractivity contribution in [2.45, 2.75) is 95.9 Å². The predicted molar refractivity (Wildman–Crippen MR) is 122 cm³/mol. The van der Waals surface area contributed by atoms with Crippen LogP contribution in [0.25, 0.3) is 0 Å². The van der Waals surface area contributed by atoms with Gasteiger partial charge in [0.25, 0.3) is 0 Å². The molecule has 170 valence electrons. The average Bonchev–Trinajstić information content (AvgIpc) is 2.75. The molecule has 5 heteroatoms. The average molecular weight is 483 g/mol. The van der Waals surface area contributed by atoms with Gasteiger partial charge in [0.05, 0.1) is 25.1 Å². The van der Waals surface area contributed by atoms with Crippen LogP contribution in [0.15, 0.2) is 21.9 Å². The Balaban J connectivity index is 1.34. The van der Waals surface area contributed by atoms with Crippen molar-refractivity contribution in [2.24, 2.45) is 17.8 Å². The van der Waals surface area contributed by atoms with Crippen LogP contribution in [0, 0.1) is 17.8 Å². The summed E-state index contributed by atoms with van der Waals surface area (Å²) in [6.07, 6.45) is 15.1. The molecule has 4 rings (SSSR count). The van der Waals surface area contributed by atoms with E-state index in [2.05, 4.69) is 28.9 Å². The summed E-state index contributed by atoms with van der Waals surface area (Å²) < 4.78 is 19.3. The van der Waals surface area contributed by atoms with Gasteiger partial charge in [0.15, 0.2) is 5.79 Å². The molecule has 4 unspecified atom stereocenters. The molecule has 2 heterocycles. The molecule has 0 aromatic carbocycles. The molecule has 30 heavy (non-hydrogen) atoms. The fourth-order valence-corrected chi connectivity index (χ4v) is 6.36. The summed E-state index contributed by atoms with van der Waals surface area (Å²) in [4.78, 5) is 0. The van der Waals surface area contributed by atoms with E-state index in [1.165, 1.54) is 42.3 Å². The highest BCUT2D eigenvalue weighted by molar-refractivity contribution is 9.11. The summed E-state index contributed by atoms with van der Waals surface area (Å²) in [5.41, 5.74) is 1.58. The summed E-state index contributed by atoms with van der Waals surface area (Å²) in [6, 6.07) is 0. The third kappa shape index (κ3) is 5.51. The van der Waals surface area contributed by atoms with Gasteiger partial charge in [0.1, 0.15) is 0 Å². The molecule has 0 bridgehead atoms. The second-order valence-corrected chi connectivity index (χ2v) is 10.7. The van der Waals surface area contributed by atoms with Crippen molar-refractivity contribution in [3.05, 3.63) is 21.9 Å². The maximum Gasteiger partial charge on any atom is 0.171 e. The molecule has 4 aliphatic rings. The number of hydrogen-bond acceptors (Lipinski definition) is 4. The van der Waals surface area contributed by atoms with E-state index in [9.17, 15) is 5.11 Å². The third-order valence-electron chi connectivity index (χ3n) is 7.58. The first-order valence-electron chi connectivity index (χ1n) is 12.2. The van der Waals surface area contributed by atoms with Crippen molar-refractivity contribution in [3.63, 3.8) is 0 Å². The summed E-state index contributed by atoms with van der Waals surface area (Å²) in [5.74, 6) is 1.61. The Morgan fingerprint density at radius 1 is 1.27 bits per heavy atom. The Morgan fingerprint density at radius 3 is 3.03 bits per heavy atom. The van der Waals surface area contributed by atoms with Crippen LogP contribution in [-0.2, 0) is 14.2 Å². The van der Waals surface area contributed by atoms with Crippen LogP contribution in [0.5, 0.6) is 0 Å². The standard InChI is InChI=1S/C25H39BrO4/c1-2-3-11-28-22-10-13-30-25(27,17-22)21-7-8-23(26)20(16-21)15-18-6-9-24-19(14-18)5-4-12-29-24/h8,18,20-22,27H,2-7,9-17H2,1H3/t18?,20?,21?,22-,25?/m0/s1. The normalized spacial score (nSPS) is 37.4. The van der Waals surface area contributed by atoms with E-state index in [1.807, 2.05) is 0 Å². The molecule has 0 amide bonds. The van der Waals surface area contributed by atoms with Crippen molar-refractivity contribution < 1.29 is 19.3 Å². The van der Waals surface area contributed by atoms with Crippen LogP contribution in [0.3, 0.4) is 0 Å². The highest BCUT2D eigenvalue weighted by atomic mass is 79.9. The second kappa shape index (κ2) is 10.5. The van der Waals surface area contributed by atoms with Crippen LogP contribution >= 0.6 is 15.9 Å². The minimum absolute atomic E-state index is 0.123. The zero-order chi connectivity index (χ0) is 21.0. The maximum atomic E-state index is 11.4. The molecule has 4 nitrogen and oxygen atoms in total. The zero-order valence-electron chi connectivity index (χ0n) is 18.5. The summed E-state index contributed by atoms with van der Waals surface area (Å²) in [5, 5.41) is 11.4. The summed E-state index contributed by atoms with van der Waals surface area (Å²) in [6.45, 7) is 4.48. The zero-order valence-corrected chi connectivity index (χ0v) is 20.1. The molecule has 1 N–H and O–H groups in total. The Hall–Kier alpha value is -0.360. The van der Waals surface area contributed by atoms with E-state index >= 15 is 0 Å². The van der Waals surface area contributed by atoms with Crippen molar-refractivity contribution in [1.29, 1.82) is 0 Å². The fraction of sp³-hybridized carbons (Fsp3) is 0.840. The van der Waals surface area contributed by atoms with Gasteiger partial charge in [-0.15, -0.1) is 0 Å². The van der Waals surface area contributed by atoms with Gasteiger partial charge in [-0.2, -0.15) is 0 Å². The molecule has 0 radical (unpaired) electrons. The molecule has 2 aliphatic carbocycles. The monoisotopic (exact) mass is 482 g/mol. The van der Waals surface area contributed by atoms with Gasteiger partial charge in [-0.05, 0) is 79.7 Å². The lowest BCUT2D eigenvalue weighted by Crippen LogP contribution is -2.49. The van der Waals surface area contributed by atoms with Crippen LogP contribution in [0.2, 0.25) is 0 Å². The van der Waals surface area contributed by atoms with Crippen LogP contribution in [0.1, 0.15) is 84.0 Å². The lowest BCUT2D eigenvalue weighted by molar-refractivity contribution is -0.279. The molecule has 1 saturated heterocycles. The number of rotatable bonds is 7. The highest BCUT2D eigenvalue weighted by Gasteiger charge is 2.45. The van der Waals surface area contributed by atoms with Crippen molar-refractivity contribution >= 4 is 15.9 Å². The Labute approximate surface area is 190 Å². The number of aliphatic hydroxyl groups is 1. The van der Waals surface area contributed by atoms with Crippen LogP contribution in [-0.4, -0.2) is 36.8 Å². The molecule has 0 saturated carbocycles. The molecular weight excluding hydrogens is 444 g/mol. The first-order valence-corrected chi connectivity index (χ1v) is 13.0. The molecule has 2 aliphatic heterocycles. The minimum Gasteiger partial charge on any atom is -0.498 e. The molecule has 0 aromatic heterocycles. The summed E-state index contributed by atoms with van der Waals surface area (Å²) >= 11 is 3.85. The largest absolute Gasteiger partial charge is 0.498 e. The number of halogens is 1. The van der Waals surface area contributed by atoms with E-state index in [0.717, 1.165) is 57.7 Å². The van der Waals surface area contributed by atoms with E-state index < -0.39 is 5.79 Å². The first kappa shape index (κ1) is 22.8. The fourth-order valence-electron chi connectivity index (χ4n) is 5.80. The van der Waals surface area contributed by atoms with E-state index in [0.29, 0.717) is 18.9 Å². The number of hydrogen-bond donors (Lipinski definition) is 1. The van der Waals surface area contributed by atoms with Gasteiger partial charge in [0.2, 0.25) is 0 Å². The van der Waals surface area contributed by atoms with E-state index in [1.54, 1.807) is 5.57 Å². The molecule has 0 aromatic rings. The molecular formula is C25H39BrO4. The van der Waals surface area contributed by atoms with E-state index in [-0.39, 0.29) is 12.0 Å². The smallest absolute Gasteiger partial charge is 0.171 e. The van der Waals surface area contributed by atoms with Gasteiger partial charge in [-0.25, -0.2) is 0 Å². The summed E-state index contributed by atoms with van der Waals surface area (Å²) in [7, 11) is 0. The lowest BCUT2D eigenvalue weighted by Gasteiger charge is -2.44. The Kier molecular flexibility index (Phi) is 7.99. The first-order chi connectivity index (χ1) is 14.6. The Bertz CT molecular complexity index is 645. The number of unbranched alkanes of at least 4 members (excludes halogenated alkanes) is 1. The quantitative estimate of drug-likeness (QED) is 0.436. The SMILES string of the molecule is CCCCO[C@H]1CCOC(O)(C2CC=C(Br)C(CC3CCC4=C(CCCO4)C3)C2)C1. The van der Waals surface area contributed by atoms with Crippen LogP contribution < -0.4 is 0 Å². The van der Waals surface area contributed by atoms with Gasteiger partial charge in [0, 0.05) is 25.4 Å². The molecule has 0 spiro atoms. The maximum absolute atomic E-state index is 11.4. The highest BCUT2D eigenvalue weighted by Crippen LogP contribution is 2.46. The lowest BCUT2D eigenvalue weighted by atomic mass is 9.73. The van der Waals surface area contributed by atoms with Gasteiger partial charge in [-0.3, -0.25) is 0 Å². The Morgan fingerprint density at radius 2 is 2.17 bits per heavy atom. The van der Waals surface area contributed by atoms with Crippen molar-refractivity contribution in [1.82, 2.24) is 0 Å². The van der Waals surface area contributed by atoms with Crippen molar-refractivity contribution in [3.8, 4) is 0 Å². The second-order valence-electron chi connectivity index (χ2n) is 9.81. The van der Waals surface area contributed by atoms with Crippen LogP contribution in [0.4, 0.5) is 0 Å². The van der Waals surface area contributed by atoms with Gasteiger partial charge < -0.3 is 19.3 Å². The van der Waals surface area contributed by atoms with Crippen molar-refractivity contribution in [2.75, 3.05) is 19.8 Å². The van der Waals surface area contributed by atoms with E-state index in [4.69, 9.17) is 14.2 Å².